The Labute approximate surface area is 191 Å². The van der Waals surface area contributed by atoms with Crippen LogP contribution >= 0.6 is 0 Å². The molecular weight excluding hydrogens is 438 g/mol. The number of benzene rings is 1. The fourth-order valence-electron chi connectivity index (χ4n) is 3.95. The van der Waals surface area contributed by atoms with Gasteiger partial charge in [-0.25, -0.2) is 8.78 Å². The highest BCUT2D eigenvalue weighted by Crippen LogP contribution is 2.30. The Morgan fingerprint density at radius 2 is 1.79 bits per heavy atom. The van der Waals surface area contributed by atoms with E-state index in [0.717, 1.165) is 13.2 Å². The molecule has 0 bridgehead atoms. The maximum absolute atomic E-state index is 13.5. The molecule has 1 fully saturated rings. The van der Waals surface area contributed by atoms with E-state index in [9.17, 15) is 28.3 Å². The van der Waals surface area contributed by atoms with Crippen molar-refractivity contribution in [1.82, 2.24) is 10.6 Å². The number of ether oxygens (including phenoxy) is 1. The Balaban J connectivity index is 0.00000187. The van der Waals surface area contributed by atoms with E-state index in [0.29, 0.717) is 30.4 Å². The van der Waals surface area contributed by atoms with Crippen molar-refractivity contribution in [2.75, 3.05) is 26.9 Å². The summed E-state index contributed by atoms with van der Waals surface area (Å²) in [6.45, 7) is 3.18. The molecule has 8 nitrogen and oxygen atoms in total. The normalized spacial score (nSPS) is 21.9. The number of aliphatic hydroxyl groups excluding tert-OH is 2. The third-order valence-electron chi connectivity index (χ3n) is 5.82. The van der Waals surface area contributed by atoms with Crippen molar-refractivity contribution in [3.05, 3.63) is 34.9 Å². The first kappa shape index (κ1) is 26.8. The highest BCUT2D eigenvalue weighted by atomic mass is 19.2. The summed E-state index contributed by atoms with van der Waals surface area (Å²) in [6.07, 6.45) is 1.57. The minimum Gasteiger partial charge on any atom is -0.400 e. The summed E-state index contributed by atoms with van der Waals surface area (Å²) in [4.78, 5) is 37.5. The Morgan fingerprint density at radius 1 is 1.18 bits per heavy atom. The number of aryl methyl sites for hydroxylation is 1. The summed E-state index contributed by atoms with van der Waals surface area (Å²) in [5.74, 6) is -3.42. The van der Waals surface area contributed by atoms with Gasteiger partial charge in [0.05, 0.1) is 25.8 Å². The molecule has 184 valence electrons. The van der Waals surface area contributed by atoms with Crippen LogP contribution in [-0.4, -0.2) is 66.3 Å². The third-order valence-corrected chi connectivity index (χ3v) is 5.82. The molecule has 2 amide bonds. The molecule has 3 unspecified atom stereocenters. The van der Waals surface area contributed by atoms with Gasteiger partial charge in [0.1, 0.15) is 0 Å². The predicted molar refractivity (Wildman–Crippen MR) is 115 cm³/mol. The highest BCUT2D eigenvalue weighted by Gasteiger charge is 2.54. The lowest BCUT2D eigenvalue weighted by Crippen LogP contribution is -2.51. The zero-order valence-electron chi connectivity index (χ0n) is 19.1. The van der Waals surface area contributed by atoms with E-state index in [1.165, 1.54) is 6.07 Å². The standard InChI is InChI=1S/C22H28F2N2O5.CH4O/c1-12(2)5-18(20(29)22(10-27)11-31-22)26-19(28)9-25-21(30)14-4-3-13-7-16(23)17(24)8-15(13)6-14;1-2/h7-8,12,14,18,27H,3-6,9-11H2,1-2H3,(H,25,30)(H,26,28);2H,1H3. The van der Waals surface area contributed by atoms with Gasteiger partial charge in [0.2, 0.25) is 11.8 Å². The fourth-order valence-corrected chi connectivity index (χ4v) is 3.95. The molecule has 0 spiro atoms. The van der Waals surface area contributed by atoms with Gasteiger partial charge in [-0.3, -0.25) is 14.4 Å². The average Bonchev–Trinajstić information content (AvgIpc) is 3.59. The van der Waals surface area contributed by atoms with E-state index in [2.05, 4.69) is 10.6 Å². The number of ketones is 1. The first-order chi connectivity index (χ1) is 15.6. The van der Waals surface area contributed by atoms with Gasteiger partial charge in [-0.05, 0) is 54.9 Å². The number of hydrogen-bond acceptors (Lipinski definition) is 6. The maximum Gasteiger partial charge on any atom is 0.239 e. The second kappa shape index (κ2) is 11.6. The molecular formula is C23H32F2N2O6. The first-order valence-electron chi connectivity index (χ1n) is 10.9. The minimum atomic E-state index is -1.24. The molecule has 2 aliphatic rings. The van der Waals surface area contributed by atoms with Crippen LogP contribution in [0.1, 0.15) is 37.8 Å². The molecule has 1 aromatic rings. The van der Waals surface area contributed by atoms with Gasteiger partial charge < -0.3 is 25.6 Å². The Kier molecular flexibility index (Phi) is 9.45. The SMILES string of the molecule is CC(C)CC(NC(=O)CNC(=O)C1CCc2cc(F)c(F)cc2C1)C(=O)C1(CO)CO1.CO. The summed E-state index contributed by atoms with van der Waals surface area (Å²) in [5.41, 5.74) is 0.0484. The molecule has 1 aromatic carbocycles. The van der Waals surface area contributed by atoms with Gasteiger partial charge in [0, 0.05) is 13.0 Å². The van der Waals surface area contributed by atoms with E-state index < -0.39 is 41.7 Å². The lowest BCUT2D eigenvalue weighted by atomic mass is 9.83. The molecule has 0 radical (unpaired) electrons. The first-order valence-corrected chi connectivity index (χ1v) is 10.9. The molecule has 1 aliphatic heterocycles. The topological polar surface area (TPSA) is 128 Å². The molecule has 0 saturated carbocycles. The maximum atomic E-state index is 13.5. The van der Waals surface area contributed by atoms with Crippen LogP contribution in [0, 0.1) is 23.5 Å². The van der Waals surface area contributed by atoms with E-state index >= 15 is 0 Å². The number of halogens is 2. The van der Waals surface area contributed by atoms with Crippen molar-refractivity contribution >= 4 is 17.6 Å². The van der Waals surface area contributed by atoms with Crippen LogP contribution in [0.5, 0.6) is 0 Å². The van der Waals surface area contributed by atoms with Crippen LogP contribution in [-0.2, 0) is 32.0 Å². The van der Waals surface area contributed by atoms with E-state index in [-0.39, 0.29) is 37.2 Å². The highest BCUT2D eigenvalue weighted by molar-refractivity contribution is 5.97. The third kappa shape index (κ3) is 6.78. The summed E-state index contributed by atoms with van der Waals surface area (Å²) in [6, 6.07) is 1.47. The number of nitrogens with one attached hydrogen (secondary N) is 2. The number of fused-ring (bicyclic) bond motifs is 1. The minimum absolute atomic E-state index is 0.117. The van der Waals surface area contributed by atoms with Gasteiger partial charge in [-0.2, -0.15) is 0 Å². The monoisotopic (exact) mass is 470 g/mol. The zero-order chi connectivity index (χ0) is 24.8. The van der Waals surface area contributed by atoms with Crippen LogP contribution in [0.4, 0.5) is 8.78 Å². The summed E-state index contributed by atoms with van der Waals surface area (Å²) < 4.78 is 32.0. The number of hydrogen-bond donors (Lipinski definition) is 4. The van der Waals surface area contributed by atoms with Crippen molar-refractivity contribution in [2.24, 2.45) is 11.8 Å². The van der Waals surface area contributed by atoms with E-state index in [1.54, 1.807) is 0 Å². The van der Waals surface area contributed by atoms with Crippen LogP contribution in [0.25, 0.3) is 0 Å². The zero-order valence-corrected chi connectivity index (χ0v) is 19.1. The van der Waals surface area contributed by atoms with Gasteiger partial charge in [-0.15, -0.1) is 0 Å². The Hall–Kier alpha value is -2.43. The van der Waals surface area contributed by atoms with Crippen LogP contribution < -0.4 is 10.6 Å². The molecule has 10 heteroatoms. The second-order valence-electron chi connectivity index (χ2n) is 8.75. The van der Waals surface area contributed by atoms with E-state index in [1.807, 2.05) is 13.8 Å². The largest absolute Gasteiger partial charge is 0.400 e. The summed E-state index contributed by atoms with van der Waals surface area (Å²) in [7, 11) is 1.00. The summed E-state index contributed by atoms with van der Waals surface area (Å²) >= 11 is 0. The Morgan fingerprint density at radius 3 is 2.33 bits per heavy atom. The van der Waals surface area contributed by atoms with Gasteiger partial charge >= 0.3 is 0 Å². The Bertz CT molecular complexity index is 873. The molecule has 0 aromatic heterocycles. The molecule has 33 heavy (non-hydrogen) atoms. The van der Waals surface area contributed by atoms with Crippen LogP contribution in [0.2, 0.25) is 0 Å². The molecule has 3 atom stereocenters. The van der Waals surface area contributed by atoms with Crippen molar-refractivity contribution in [1.29, 1.82) is 0 Å². The van der Waals surface area contributed by atoms with E-state index in [4.69, 9.17) is 9.84 Å². The van der Waals surface area contributed by atoms with Crippen molar-refractivity contribution < 1.29 is 38.1 Å². The van der Waals surface area contributed by atoms with Crippen molar-refractivity contribution in [3.8, 4) is 0 Å². The van der Waals surface area contributed by atoms with Crippen molar-refractivity contribution in [2.45, 2.75) is 51.2 Å². The number of Topliss-reactive ketones (excluding diaryl/α,β-unsaturated/α-hetero) is 1. The molecule has 1 aliphatic carbocycles. The molecule has 4 N–H and O–H groups in total. The van der Waals surface area contributed by atoms with Gasteiger partial charge in [-0.1, -0.05) is 13.8 Å². The number of amides is 2. The molecule has 1 heterocycles. The predicted octanol–water partition coefficient (Wildman–Crippen LogP) is 0.656. The number of carbonyl (C=O) groups excluding carboxylic acids is 3. The molecule has 1 saturated heterocycles. The van der Waals surface area contributed by atoms with Gasteiger partial charge in [0.15, 0.2) is 23.0 Å². The lowest BCUT2D eigenvalue weighted by molar-refractivity contribution is -0.133. The number of aliphatic hydroxyl groups is 2. The smallest absolute Gasteiger partial charge is 0.239 e. The van der Waals surface area contributed by atoms with Gasteiger partial charge in [0.25, 0.3) is 0 Å². The van der Waals surface area contributed by atoms with Crippen LogP contribution in [0.15, 0.2) is 12.1 Å². The number of epoxide rings is 1. The second-order valence-corrected chi connectivity index (χ2v) is 8.75. The van der Waals surface area contributed by atoms with Crippen LogP contribution in [0.3, 0.4) is 0 Å². The molecule has 3 rings (SSSR count). The lowest BCUT2D eigenvalue weighted by Gasteiger charge is -2.25. The number of carbonyl (C=O) groups is 3. The van der Waals surface area contributed by atoms with Crippen molar-refractivity contribution in [3.63, 3.8) is 0 Å². The average molecular weight is 471 g/mol. The summed E-state index contributed by atoms with van der Waals surface area (Å²) in [5, 5.41) is 21.6. The number of rotatable bonds is 9. The quantitative estimate of drug-likeness (QED) is 0.393. The fraction of sp³-hybridized carbons (Fsp3) is 0.609.